The third kappa shape index (κ3) is 3.06. The molecule has 16 heavy (non-hydrogen) atoms. The summed E-state index contributed by atoms with van der Waals surface area (Å²) in [7, 11) is 2.14. The fourth-order valence-electron chi connectivity index (χ4n) is 2.10. The minimum atomic E-state index is 0.312. The summed E-state index contributed by atoms with van der Waals surface area (Å²) in [5, 5.41) is 3.73. The van der Waals surface area contributed by atoms with Crippen molar-refractivity contribution in [1.29, 1.82) is 0 Å². The zero-order chi connectivity index (χ0) is 11.5. The van der Waals surface area contributed by atoms with E-state index in [9.17, 15) is 0 Å². The van der Waals surface area contributed by atoms with Gasteiger partial charge in [-0.15, -0.1) is 0 Å². The highest BCUT2D eigenvalue weighted by Crippen LogP contribution is 2.15. The standard InChI is InChI=1S/C11H17ClN4/c1-8-6-10(15-11(12)13-8)14-9-4-3-5-16(2)7-9/h6,9H,3-5,7H2,1-2H3,(H,13,14,15). The highest BCUT2D eigenvalue weighted by Gasteiger charge is 2.17. The number of nitrogens with one attached hydrogen (secondary N) is 1. The predicted octanol–water partition coefficient (Wildman–Crippen LogP) is 1.94. The molecular formula is C11H17ClN4. The summed E-state index contributed by atoms with van der Waals surface area (Å²) in [6.07, 6.45) is 2.41. The van der Waals surface area contributed by atoms with E-state index >= 15 is 0 Å². The fourth-order valence-corrected chi connectivity index (χ4v) is 2.32. The second kappa shape index (κ2) is 4.97. The van der Waals surface area contributed by atoms with Crippen LogP contribution in [-0.4, -0.2) is 41.0 Å². The van der Waals surface area contributed by atoms with Crippen LogP contribution in [0.2, 0.25) is 5.28 Å². The average molecular weight is 241 g/mol. The van der Waals surface area contributed by atoms with Gasteiger partial charge < -0.3 is 10.2 Å². The summed E-state index contributed by atoms with van der Waals surface area (Å²) >= 11 is 5.82. The van der Waals surface area contributed by atoms with Crippen molar-refractivity contribution >= 4 is 17.4 Å². The van der Waals surface area contributed by atoms with E-state index in [-0.39, 0.29) is 0 Å². The van der Waals surface area contributed by atoms with Crippen molar-refractivity contribution in [2.75, 3.05) is 25.5 Å². The predicted molar refractivity (Wildman–Crippen MR) is 65.9 cm³/mol. The summed E-state index contributed by atoms with van der Waals surface area (Å²) in [6, 6.07) is 2.39. The molecule has 0 bridgehead atoms. The molecule has 2 rings (SSSR count). The topological polar surface area (TPSA) is 41.0 Å². The maximum atomic E-state index is 5.82. The van der Waals surface area contributed by atoms with Crippen LogP contribution in [0.15, 0.2) is 6.07 Å². The summed E-state index contributed by atoms with van der Waals surface area (Å²) in [5.41, 5.74) is 0.895. The van der Waals surface area contributed by atoms with Crippen molar-refractivity contribution < 1.29 is 0 Å². The fraction of sp³-hybridized carbons (Fsp3) is 0.636. The van der Waals surface area contributed by atoms with Crippen LogP contribution < -0.4 is 5.32 Å². The van der Waals surface area contributed by atoms with Crippen LogP contribution in [0.5, 0.6) is 0 Å². The lowest BCUT2D eigenvalue weighted by Crippen LogP contribution is -2.39. The molecule has 0 saturated carbocycles. The Kier molecular flexibility index (Phi) is 3.61. The first-order valence-electron chi connectivity index (χ1n) is 5.60. The maximum absolute atomic E-state index is 5.82. The number of hydrogen-bond donors (Lipinski definition) is 1. The minimum absolute atomic E-state index is 0.312. The summed E-state index contributed by atoms with van der Waals surface area (Å²) in [6.45, 7) is 4.16. The molecule has 1 unspecified atom stereocenters. The molecule has 0 spiro atoms. The summed E-state index contributed by atoms with van der Waals surface area (Å²) < 4.78 is 0. The number of piperidine rings is 1. The number of aryl methyl sites for hydroxylation is 1. The van der Waals surface area contributed by atoms with E-state index in [2.05, 4.69) is 27.2 Å². The molecular weight excluding hydrogens is 224 g/mol. The second-order valence-corrected chi connectivity index (χ2v) is 4.75. The molecule has 1 atom stereocenters. The highest BCUT2D eigenvalue weighted by molar-refractivity contribution is 6.28. The molecule has 1 saturated heterocycles. The molecule has 0 radical (unpaired) electrons. The van der Waals surface area contributed by atoms with Gasteiger partial charge in [0, 0.05) is 24.3 Å². The SMILES string of the molecule is Cc1cc(NC2CCCN(C)C2)nc(Cl)n1. The van der Waals surface area contributed by atoms with Gasteiger partial charge in [0.25, 0.3) is 0 Å². The summed E-state index contributed by atoms with van der Waals surface area (Å²) in [4.78, 5) is 10.6. The van der Waals surface area contributed by atoms with Gasteiger partial charge in [-0.25, -0.2) is 9.97 Å². The normalized spacial score (nSPS) is 22.1. The third-order valence-corrected chi connectivity index (χ3v) is 2.97. The van der Waals surface area contributed by atoms with E-state index in [1.54, 1.807) is 0 Å². The van der Waals surface area contributed by atoms with Crippen molar-refractivity contribution in [2.24, 2.45) is 0 Å². The largest absolute Gasteiger partial charge is 0.366 e. The lowest BCUT2D eigenvalue weighted by atomic mass is 10.1. The Balaban J connectivity index is 2.02. The van der Waals surface area contributed by atoms with Crippen LogP contribution >= 0.6 is 11.6 Å². The lowest BCUT2D eigenvalue weighted by Gasteiger charge is -2.30. The van der Waals surface area contributed by atoms with Gasteiger partial charge in [0.1, 0.15) is 5.82 Å². The van der Waals surface area contributed by atoms with Gasteiger partial charge in [-0.05, 0) is 45.0 Å². The minimum Gasteiger partial charge on any atom is -0.366 e. The molecule has 1 aliphatic rings. The van der Waals surface area contributed by atoms with Crippen molar-refractivity contribution in [1.82, 2.24) is 14.9 Å². The van der Waals surface area contributed by atoms with Gasteiger partial charge in [0.15, 0.2) is 0 Å². The smallest absolute Gasteiger partial charge is 0.224 e. The molecule has 2 heterocycles. The van der Waals surface area contributed by atoms with E-state index in [0.717, 1.165) is 18.1 Å². The van der Waals surface area contributed by atoms with Gasteiger partial charge in [-0.1, -0.05) is 0 Å². The van der Waals surface area contributed by atoms with Crippen molar-refractivity contribution in [3.8, 4) is 0 Å². The molecule has 1 aliphatic heterocycles. The van der Waals surface area contributed by atoms with E-state index in [4.69, 9.17) is 11.6 Å². The Hall–Kier alpha value is -0.870. The number of halogens is 1. The first kappa shape index (κ1) is 11.6. The van der Waals surface area contributed by atoms with Crippen LogP contribution in [0.25, 0.3) is 0 Å². The van der Waals surface area contributed by atoms with Crippen molar-refractivity contribution in [3.05, 3.63) is 17.0 Å². The van der Waals surface area contributed by atoms with Crippen molar-refractivity contribution in [2.45, 2.75) is 25.8 Å². The molecule has 0 aliphatic carbocycles. The van der Waals surface area contributed by atoms with Crippen LogP contribution in [-0.2, 0) is 0 Å². The van der Waals surface area contributed by atoms with Crippen LogP contribution in [0, 0.1) is 6.92 Å². The Morgan fingerprint density at radius 1 is 1.50 bits per heavy atom. The van der Waals surface area contributed by atoms with Gasteiger partial charge in [0.2, 0.25) is 5.28 Å². The summed E-state index contributed by atoms with van der Waals surface area (Å²) in [5.74, 6) is 0.831. The number of aromatic nitrogens is 2. The number of likely N-dealkylation sites (tertiary alicyclic amines) is 1. The van der Waals surface area contributed by atoms with Gasteiger partial charge >= 0.3 is 0 Å². The number of hydrogen-bond acceptors (Lipinski definition) is 4. The molecule has 88 valence electrons. The average Bonchev–Trinajstić information content (AvgIpc) is 2.15. The number of anilines is 1. The second-order valence-electron chi connectivity index (χ2n) is 4.41. The van der Waals surface area contributed by atoms with Gasteiger partial charge in [-0.3, -0.25) is 0 Å². The zero-order valence-electron chi connectivity index (χ0n) is 9.70. The van der Waals surface area contributed by atoms with Crippen LogP contribution in [0.1, 0.15) is 18.5 Å². The molecule has 0 aromatic carbocycles. The van der Waals surface area contributed by atoms with E-state index in [1.165, 1.54) is 19.4 Å². The Bertz CT molecular complexity index is 349. The van der Waals surface area contributed by atoms with Crippen molar-refractivity contribution in [3.63, 3.8) is 0 Å². The lowest BCUT2D eigenvalue weighted by molar-refractivity contribution is 0.260. The zero-order valence-corrected chi connectivity index (χ0v) is 10.5. The molecule has 5 heteroatoms. The van der Waals surface area contributed by atoms with E-state index < -0.39 is 0 Å². The molecule has 4 nitrogen and oxygen atoms in total. The third-order valence-electron chi connectivity index (χ3n) is 2.80. The first-order chi connectivity index (χ1) is 7.63. The number of nitrogens with zero attached hydrogens (tertiary/aromatic N) is 3. The van der Waals surface area contributed by atoms with Gasteiger partial charge in [-0.2, -0.15) is 0 Å². The van der Waals surface area contributed by atoms with E-state index in [0.29, 0.717) is 11.3 Å². The van der Waals surface area contributed by atoms with E-state index in [1.807, 2.05) is 13.0 Å². The quantitative estimate of drug-likeness (QED) is 0.803. The maximum Gasteiger partial charge on any atom is 0.224 e. The molecule has 1 aromatic rings. The number of rotatable bonds is 2. The van der Waals surface area contributed by atoms with Crippen LogP contribution in [0.3, 0.4) is 0 Å². The Morgan fingerprint density at radius 2 is 2.31 bits per heavy atom. The first-order valence-corrected chi connectivity index (χ1v) is 5.97. The molecule has 1 fully saturated rings. The Morgan fingerprint density at radius 3 is 3.00 bits per heavy atom. The molecule has 0 amide bonds. The van der Waals surface area contributed by atoms with Crippen LogP contribution in [0.4, 0.5) is 5.82 Å². The number of likely N-dealkylation sites (N-methyl/N-ethyl adjacent to an activating group) is 1. The van der Waals surface area contributed by atoms with Gasteiger partial charge in [0.05, 0.1) is 0 Å². The molecule has 1 aromatic heterocycles. The highest BCUT2D eigenvalue weighted by atomic mass is 35.5. The Labute approximate surface area is 101 Å². The molecule has 1 N–H and O–H groups in total. The monoisotopic (exact) mass is 240 g/mol.